The number of nitrogens with zero attached hydrogens (tertiary/aromatic N) is 1. The first-order chi connectivity index (χ1) is 6.18. The molecule has 2 rings (SSSR count). The topological polar surface area (TPSA) is 30.0 Å². The molecule has 0 N–H and O–H groups in total. The number of Topliss-reactive ketones (excluding diaryl/α,β-unsaturated/α-hetero) is 1. The Morgan fingerprint density at radius 3 is 3.00 bits per heavy atom. The van der Waals surface area contributed by atoms with Gasteiger partial charge in [-0.05, 0) is 6.42 Å². The summed E-state index contributed by atoms with van der Waals surface area (Å²) in [4.78, 5) is 15.7. The van der Waals surface area contributed by atoms with Crippen LogP contribution in [0.3, 0.4) is 0 Å². The van der Waals surface area contributed by atoms with Crippen molar-refractivity contribution in [1.82, 2.24) is 4.98 Å². The summed E-state index contributed by atoms with van der Waals surface area (Å²) in [5.74, 6) is 0.778. The predicted octanol–water partition coefficient (Wildman–Crippen LogP) is 2.62. The second-order valence-electron chi connectivity index (χ2n) is 3.82. The van der Waals surface area contributed by atoms with Crippen LogP contribution in [0.2, 0.25) is 0 Å². The van der Waals surface area contributed by atoms with Gasteiger partial charge in [0, 0.05) is 29.3 Å². The maximum Gasteiger partial charge on any atom is 0.140 e. The SMILES string of the molecule is CCC1(C)C(=O)CC1c1nccs1. The monoisotopic (exact) mass is 195 g/mol. The number of carbonyl (C=O) groups excluding carboxylic acids is 1. The van der Waals surface area contributed by atoms with Gasteiger partial charge in [0.25, 0.3) is 0 Å². The standard InChI is InChI=1S/C10H13NOS/c1-3-10(2)7(6-8(10)12)9-11-4-5-13-9/h4-5,7H,3,6H2,1-2H3. The molecule has 0 spiro atoms. The maximum atomic E-state index is 11.5. The fourth-order valence-electron chi connectivity index (χ4n) is 1.92. The third-order valence-electron chi connectivity index (χ3n) is 3.28. The predicted molar refractivity (Wildman–Crippen MR) is 52.9 cm³/mol. The molecule has 1 aromatic heterocycles. The first kappa shape index (κ1) is 8.88. The van der Waals surface area contributed by atoms with Crippen molar-refractivity contribution < 1.29 is 4.79 Å². The van der Waals surface area contributed by atoms with Crippen LogP contribution in [0.5, 0.6) is 0 Å². The minimum absolute atomic E-state index is 0.127. The molecular weight excluding hydrogens is 182 g/mol. The second kappa shape index (κ2) is 2.91. The van der Waals surface area contributed by atoms with E-state index in [1.165, 1.54) is 0 Å². The summed E-state index contributed by atoms with van der Waals surface area (Å²) in [6.07, 6.45) is 3.44. The molecule has 1 fully saturated rings. The van der Waals surface area contributed by atoms with Gasteiger partial charge in [0.2, 0.25) is 0 Å². The smallest absolute Gasteiger partial charge is 0.140 e. The quantitative estimate of drug-likeness (QED) is 0.726. The van der Waals surface area contributed by atoms with Crippen LogP contribution in [-0.2, 0) is 4.79 Å². The Labute approximate surface area is 82.0 Å². The number of hydrogen-bond donors (Lipinski definition) is 0. The van der Waals surface area contributed by atoms with E-state index < -0.39 is 0 Å². The van der Waals surface area contributed by atoms with Gasteiger partial charge in [-0.2, -0.15) is 0 Å². The molecule has 70 valence electrons. The van der Waals surface area contributed by atoms with Crippen molar-refractivity contribution in [2.24, 2.45) is 5.41 Å². The zero-order valence-electron chi connectivity index (χ0n) is 7.91. The van der Waals surface area contributed by atoms with Gasteiger partial charge in [0.1, 0.15) is 5.78 Å². The van der Waals surface area contributed by atoms with Gasteiger partial charge in [-0.1, -0.05) is 13.8 Å². The number of hydrogen-bond acceptors (Lipinski definition) is 3. The average molecular weight is 195 g/mol. The second-order valence-corrected chi connectivity index (χ2v) is 4.75. The lowest BCUT2D eigenvalue weighted by Gasteiger charge is -2.43. The molecule has 1 heterocycles. The van der Waals surface area contributed by atoms with E-state index in [2.05, 4.69) is 18.8 Å². The highest BCUT2D eigenvalue weighted by Crippen LogP contribution is 2.52. The molecule has 0 aliphatic heterocycles. The van der Waals surface area contributed by atoms with E-state index in [0.29, 0.717) is 18.1 Å². The first-order valence-corrected chi connectivity index (χ1v) is 5.49. The van der Waals surface area contributed by atoms with E-state index in [1.807, 2.05) is 11.6 Å². The van der Waals surface area contributed by atoms with Crippen LogP contribution in [0.4, 0.5) is 0 Å². The molecule has 0 aromatic carbocycles. The third kappa shape index (κ3) is 1.14. The van der Waals surface area contributed by atoms with Crippen molar-refractivity contribution in [3.63, 3.8) is 0 Å². The summed E-state index contributed by atoms with van der Waals surface area (Å²) in [5, 5.41) is 3.11. The molecule has 0 amide bonds. The number of aromatic nitrogens is 1. The Bertz CT molecular complexity index is 320. The van der Waals surface area contributed by atoms with Gasteiger partial charge >= 0.3 is 0 Å². The minimum Gasteiger partial charge on any atom is -0.299 e. The maximum absolute atomic E-state index is 11.5. The van der Waals surface area contributed by atoms with Crippen molar-refractivity contribution in [1.29, 1.82) is 0 Å². The average Bonchev–Trinajstić information content (AvgIpc) is 2.65. The van der Waals surface area contributed by atoms with E-state index in [-0.39, 0.29) is 5.41 Å². The van der Waals surface area contributed by atoms with Crippen molar-refractivity contribution in [3.05, 3.63) is 16.6 Å². The van der Waals surface area contributed by atoms with E-state index in [0.717, 1.165) is 11.4 Å². The zero-order chi connectivity index (χ0) is 9.47. The molecule has 2 atom stereocenters. The van der Waals surface area contributed by atoms with Crippen LogP contribution in [0.25, 0.3) is 0 Å². The highest BCUT2D eigenvalue weighted by molar-refractivity contribution is 7.09. The highest BCUT2D eigenvalue weighted by Gasteiger charge is 2.51. The van der Waals surface area contributed by atoms with Gasteiger partial charge < -0.3 is 0 Å². The van der Waals surface area contributed by atoms with Gasteiger partial charge in [-0.25, -0.2) is 4.98 Å². The first-order valence-electron chi connectivity index (χ1n) is 4.61. The Hall–Kier alpha value is -0.700. The van der Waals surface area contributed by atoms with E-state index in [4.69, 9.17) is 0 Å². The number of carbonyl (C=O) groups is 1. The van der Waals surface area contributed by atoms with Crippen molar-refractivity contribution in [2.45, 2.75) is 32.6 Å². The Balaban J connectivity index is 2.25. The van der Waals surface area contributed by atoms with Gasteiger partial charge in [-0.15, -0.1) is 11.3 Å². The number of rotatable bonds is 2. The summed E-state index contributed by atoms with van der Waals surface area (Å²) in [6, 6.07) is 0. The van der Waals surface area contributed by atoms with Crippen LogP contribution in [0, 0.1) is 5.41 Å². The fourth-order valence-corrected chi connectivity index (χ4v) is 2.81. The summed E-state index contributed by atoms with van der Waals surface area (Å²) in [7, 11) is 0. The molecule has 0 saturated heterocycles. The van der Waals surface area contributed by atoms with Gasteiger partial charge in [0.15, 0.2) is 0 Å². The highest BCUT2D eigenvalue weighted by atomic mass is 32.1. The van der Waals surface area contributed by atoms with Crippen LogP contribution in [0.1, 0.15) is 37.6 Å². The third-order valence-corrected chi connectivity index (χ3v) is 4.17. The van der Waals surface area contributed by atoms with E-state index >= 15 is 0 Å². The summed E-state index contributed by atoms with van der Waals surface area (Å²) >= 11 is 1.66. The molecule has 0 radical (unpaired) electrons. The lowest BCUT2D eigenvalue weighted by molar-refractivity contribution is -0.139. The Morgan fingerprint density at radius 2 is 2.54 bits per heavy atom. The van der Waals surface area contributed by atoms with Crippen molar-refractivity contribution in [3.8, 4) is 0 Å². The molecule has 1 saturated carbocycles. The normalized spacial score (nSPS) is 33.1. The zero-order valence-corrected chi connectivity index (χ0v) is 8.73. The molecule has 1 aromatic rings. The van der Waals surface area contributed by atoms with Crippen LogP contribution < -0.4 is 0 Å². The van der Waals surface area contributed by atoms with Crippen molar-refractivity contribution in [2.75, 3.05) is 0 Å². The van der Waals surface area contributed by atoms with Gasteiger partial charge in [0.05, 0.1) is 5.01 Å². The number of ketones is 1. The van der Waals surface area contributed by atoms with Crippen LogP contribution in [0.15, 0.2) is 11.6 Å². The molecular formula is C10H13NOS. The summed E-state index contributed by atoms with van der Waals surface area (Å²) in [5.41, 5.74) is -0.127. The van der Waals surface area contributed by atoms with E-state index in [9.17, 15) is 4.79 Å². The van der Waals surface area contributed by atoms with Crippen LogP contribution >= 0.6 is 11.3 Å². The van der Waals surface area contributed by atoms with E-state index in [1.54, 1.807) is 11.3 Å². The lowest BCUT2D eigenvalue weighted by Crippen LogP contribution is -2.45. The molecule has 0 bridgehead atoms. The Morgan fingerprint density at radius 1 is 1.77 bits per heavy atom. The van der Waals surface area contributed by atoms with Crippen molar-refractivity contribution >= 4 is 17.1 Å². The lowest BCUT2D eigenvalue weighted by atomic mass is 9.59. The minimum atomic E-state index is -0.127. The number of thiazole rings is 1. The largest absolute Gasteiger partial charge is 0.299 e. The molecule has 13 heavy (non-hydrogen) atoms. The summed E-state index contributed by atoms with van der Waals surface area (Å²) in [6.45, 7) is 4.14. The molecule has 3 heteroatoms. The molecule has 1 aliphatic carbocycles. The van der Waals surface area contributed by atoms with Crippen LogP contribution in [-0.4, -0.2) is 10.8 Å². The summed E-state index contributed by atoms with van der Waals surface area (Å²) < 4.78 is 0. The fraction of sp³-hybridized carbons (Fsp3) is 0.600. The van der Waals surface area contributed by atoms with Gasteiger partial charge in [-0.3, -0.25) is 4.79 Å². The molecule has 2 nitrogen and oxygen atoms in total. The molecule has 2 unspecified atom stereocenters. The molecule has 1 aliphatic rings. The Kier molecular flexibility index (Phi) is 1.99.